The molecule has 0 amide bonds. The van der Waals surface area contributed by atoms with Gasteiger partial charge < -0.3 is 15.4 Å². The fourth-order valence-corrected chi connectivity index (χ4v) is 1.88. The Bertz CT molecular complexity index is 589. The highest BCUT2D eigenvalue weighted by Gasteiger charge is 2.07. The van der Waals surface area contributed by atoms with Crippen molar-refractivity contribution in [3.8, 4) is 6.01 Å². The van der Waals surface area contributed by atoms with Crippen molar-refractivity contribution in [3.63, 3.8) is 0 Å². The summed E-state index contributed by atoms with van der Waals surface area (Å²) < 4.78 is 5.08. The number of nitrogens with one attached hydrogen (secondary N) is 2. The summed E-state index contributed by atoms with van der Waals surface area (Å²) in [6.07, 6.45) is 2.72. The Hall–Kier alpha value is -2.44. The van der Waals surface area contributed by atoms with Crippen molar-refractivity contribution < 1.29 is 4.74 Å². The maximum Gasteiger partial charge on any atom is 0.322 e. The van der Waals surface area contributed by atoms with Gasteiger partial charge in [-0.3, -0.25) is 4.98 Å². The molecule has 2 heterocycles. The van der Waals surface area contributed by atoms with Gasteiger partial charge in [0.15, 0.2) is 0 Å². The Labute approximate surface area is 124 Å². The van der Waals surface area contributed by atoms with Crippen LogP contribution in [0.4, 0.5) is 11.9 Å². The van der Waals surface area contributed by atoms with Gasteiger partial charge in [0, 0.05) is 12.7 Å². The summed E-state index contributed by atoms with van der Waals surface area (Å²) in [7, 11) is 1.53. The second-order valence-electron chi connectivity index (χ2n) is 4.32. The van der Waals surface area contributed by atoms with Crippen molar-refractivity contribution in [2.24, 2.45) is 0 Å². The van der Waals surface area contributed by atoms with E-state index in [0.717, 1.165) is 18.7 Å². The summed E-state index contributed by atoms with van der Waals surface area (Å²) >= 11 is 0. The van der Waals surface area contributed by atoms with Gasteiger partial charge in [0.1, 0.15) is 0 Å². The molecule has 0 bridgehead atoms. The zero-order valence-electron chi connectivity index (χ0n) is 12.6. The molecule has 2 N–H and O–H groups in total. The Balaban J connectivity index is 2.13. The lowest BCUT2D eigenvalue weighted by Gasteiger charge is -2.10. The third-order valence-corrected chi connectivity index (χ3v) is 2.91. The maximum atomic E-state index is 5.08. The quantitative estimate of drug-likeness (QED) is 0.804. The minimum absolute atomic E-state index is 0.278. The highest BCUT2D eigenvalue weighted by Crippen LogP contribution is 2.12. The first-order valence-corrected chi connectivity index (χ1v) is 6.97. The van der Waals surface area contributed by atoms with Gasteiger partial charge in [-0.05, 0) is 25.0 Å². The molecule has 0 saturated carbocycles. The molecule has 0 aliphatic rings. The molecule has 0 aliphatic heterocycles. The molecular formula is C14H20N6O. The number of aromatic nitrogens is 4. The van der Waals surface area contributed by atoms with Gasteiger partial charge in [-0.2, -0.15) is 15.0 Å². The number of pyridine rings is 1. The molecule has 0 saturated heterocycles. The summed E-state index contributed by atoms with van der Waals surface area (Å²) in [5, 5.41) is 6.21. The third kappa shape index (κ3) is 4.01. The van der Waals surface area contributed by atoms with Gasteiger partial charge in [-0.15, -0.1) is 0 Å². The van der Waals surface area contributed by atoms with E-state index in [1.165, 1.54) is 12.7 Å². The molecule has 0 spiro atoms. The number of nitrogens with zero attached hydrogens (tertiary/aromatic N) is 4. The SMILES string of the molecule is CCNc1nc(NCc2ncccc2CC)nc(OC)n1. The zero-order valence-corrected chi connectivity index (χ0v) is 12.6. The van der Waals surface area contributed by atoms with Crippen LogP contribution in [0.5, 0.6) is 6.01 Å². The first-order chi connectivity index (χ1) is 10.3. The largest absolute Gasteiger partial charge is 0.467 e. The Morgan fingerprint density at radius 2 is 1.86 bits per heavy atom. The van der Waals surface area contributed by atoms with Crippen LogP contribution in [-0.4, -0.2) is 33.6 Å². The summed E-state index contributed by atoms with van der Waals surface area (Å²) in [5.74, 6) is 0.953. The molecule has 0 aromatic carbocycles. The number of aryl methyl sites for hydroxylation is 1. The van der Waals surface area contributed by atoms with Crippen LogP contribution in [0.1, 0.15) is 25.1 Å². The summed E-state index contributed by atoms with van der Waals surface area (Å²) in [4.78, 5) is 17.0. The lowest BCUT2D eigenvalue weighted by atomic mass is 10.1. The number of rotatable bonds is 7. The average molecular weight is 288 g/mol. The highest BCUT2D eigenvalue weighted by molar-refractivity contribution is 5.36. The molecule has 0 radical (unpaired) electrons. The fourth-order valence-electron chi connectivity index (χ4n) is 1.88. The van der Waals surface area contributed by atoms with Gasteiger partial charge in [-0.1, -0.05) is 13.0 Å². The molecule has 0 atom stereocenters. The molecule has 2 aromatic rings. The predicted molar refractivity (Wildman–Crippen MR) is 81.5 cm³/mol. The van der Waals surface area contributed by atoms with E-state index in [1.807, 2.05) is 13.0 Å². The molecule has 2 aromatic heterocycles. The molecule has 0 unspecified atom stereocenters. The van der Waals surface area contributed by atoms with Gasteiger partial charge in [0.05, 0.1) is 19.3 Å². The normalized spacial score (nSPS) is 10.2. The van der Waals surface area contributed by atoms with Crippen molar-refractivity contribution in [1.29, 1.82) is 0 Å². The van der Waals surface area contributed by atoms with E-state index in [-0.39, 0.29) is 6.01 Å². The van der Waals surface area contributed by atoms with Crippen LogP contribution in [0.25, 0.3) is 0 Å². The molecule has 0 fully saturated rings. The van der Waals surface area contributed by atoms with Crippen molar-refractivity contribution in [3.05, 3.63) is 29.6 Å². The Kier molecular flexibility index (Phi) is 5.25. The maximum absolute atomic E-state index is 5.08. The first kappa shape index (κ1) is 15.0. The van der Waals surface area contributed by atoms with Gasteiger partial charge >= 0.3 is 6.01 Å². The second kappa shape index (κ2) is 7.37. The standard InChI is InChI=1S/C14H20N6O/c1-4-10-7-6-8-16-11(10)9-17-13-18-12(15-5-2)19-14(20-13)21-3/h6-8H,4-5,9H2,1-3H3,(H2,15,17,18,19,20). The van der Waals surface area contributed by atoms with Crippen LogP contribution >= 0.6 is 0 Å². The van der Waals surface area contributed by atoms with E-state index in [9.17, 15) is 0 Å². The van der Waals surface area contributed by atoms with E-state index in [0.29, 0.717) is 18.4 Å². The molecule has 2 rings (SSSR count). The Morgan fingerprint density at radius 3 is 2.52 bits per heavy atom. The van der Waals surface area contributed by atoms with E-state index in [2.05, 4.69) is 43.6 Å². The summed E-state index contributed by atoms with van der Waals surface area (Å²) in [6, 6.07) is 4.29. The molecule has 112 valence electrons. The minimum atomic E-state index is 0.278. The van der Waals surface area contributed by atoms with Crippen LogP contribution in [0.2, 0.25) is 0 Å². The summed E-state index contributed by atoms with van der Waals surface area (Å²) in [5.41, 5.74) is 2.20. The van der Waals surface area contributed by atoms with Crippen LogP contribution in [-0.2, 0) is 13.0 Å². The number of methoxy groups -OCH3 is 1. The van der Waals surface area contributed by atoms with E-state index >= 15 is 0 Å². The monoisotopic (exact) mass is 288 g/mol. The van der Waals surface area contributed by atoms with Crippen LogP contribution < -0.4 is 15.4 Å². The minimum Gasteiger partial charge on any atom is -0.467 e. The van der Waals surface area contributed by atoms with Gasteiger partial charge in [0.2, 0.25) is 11.9 Å². The van der Waals surface area contributed by atoms with Crippen molar-refractivity contribution >= 4 is 11.9 Å². The van der Waals surface area contributed by atoms with E-state index in [1.54, 1.807) is 6.20 Å². The third-order valence-electron chi connectivity index (χ3n) is 2.91. The lowest BCUT2D eigenvalue weighted by Crippen LogP contribution is -2.11. The van der Waals surface area contributed by atoms with Crippen molar-refractivity contribution in [2.75, 3.05) is 24.3 Å². The number of ether oxygens (including phenoxy) is 1. The zero-order chi connectivity index (χ0) is 15.1. The van der Waals surface area contributed by atoms with Gasteiger partial charge in [-0.25, -0.2) is 0 Å². The number of hydrogen-bond acceptors (Lipinski definition) is 7. The average Bonchev–Trinajstić information content (AvgIpc) is 2.53. The smallest absolute Gasteiger partial charge is 0.322 e. The number of anilines is 2. The Morgan fingerprint density at radius 1 is 1.10 bits per heavy atom. The highest BCUT2D eigenvalue weighted by atomic mass is 16.5. The second-order valence-corrected chi connectivity index (χ2v) is 4.32. The van der Waals surface area contributed by atoms with Crippen LogP contribution in [0, 0.1) is 0 Å². The van der Waals surface area contributed by atoms with Crippen molar-refractivity contribution in [1.82, 2.24) is 19.9 Å². The van der Waals surface area contributed by atoms with Crippen molar-refractivity contribution in [2.45, 2.75) is 26.8 Å². The molecule has 7 heteroatoms. The fraction of sp³-hybridized carbons (Fsp3) is 0.429. The van der Waals surface area contributed by atoms with E-state index < -0.39 is 0 Å². The van der Waals surface area contributed by atoms with Crippen LogP contribution in [0.3, 0.4) is 0 Å². The topological polar surface area (TPSA) is 84.9 Å². The molecule has 21 heavy (non-hydrogen) atoms. The molecular weight excluding hydrogens is 268 g/mol. The number of hydrogen-bond donors (Lipinski definition) is 2. The molecule has 7 nitrogen and oxygen atoms in total. The predicted octanol–water partition coefficient (Wildman–Crippen LogP) is 1.88. The lowest BCUT2D eigenvalue weighted by molar-refractivity contribution is 0.379. The first-order valence-electron chi connectivity index (χ1n) is 6.97. The van der Waals surface area contributed by atoms with Gasteiger partial charge in [0.25, 0.3) is 0 Å². The van der Waals surface area contributed by atoms with Crippen LogP contribution in [0.15, 0.2) is 18.3 Å². The molecule has 0 aliphatic carbocycles. The summed E-state index contributed by atoms with van der Waals surface area (Å²) in [6.45, 7) is 5.37. The van der Waals surface area contributed by atoms with E-state index in [4.69, 9.17) is 4.74 Å².